The summed E-state index contributed by atoms with van der Waals surface area (Å²) in [5.74, 6) is -54.0. The smallest absolute Gasteiger partial charge is 0.225 e. The topological polar surface area (TPSA) is 129 Å². The molecule has 28 heteroatoms. The number of carbonyl (C=O) groups is 2. The van der Waals surface area contributed by atoms with E-state index in [1.165, 1.54) is 0 Å². The van der Waals surface area contributed by atoms with Gasteiger partial charge in [-0.25, -0.2) is 87.8 Å². The fraction of sp³-hybridized carbons (Fsp3) is 0. The number of benzene rings is 4. The van der Waals surface area contributed by atoms with Crippen molar-refractivity contribution in [2.45, 2.75) is 0 Å². The number of fused-ring (bicyclic) bond motifs is 12. The number of carbonyl (C=O) groups excluding carboxylic acids is 2. The molecule has 1 aliphatic rings. The van der Waals surface area contributed by atoms with E-state index in [9.17, 15) is 27.2 Å². The van der Waals surface area contributed by atoms with Gasteiger partial charge in [-0.05, 0) is 72.8 Å². The SMILES string of the molecule is O=C1c2ccc([nH]2)/C(c2c(F)c(F)c(F)c(F)c2F)=c2/cc/c([nH]2)=C(\c2c(F)c(F)c(F)c(F)c2F)c2ccc([nH]2)C(=O)c2ccc([nH]2)/C(c2c(F)c(F)c(F)c(F)c2F)=c2/cc/c([nH]2)=C(\c2c(F)c(F)c(F)c(F)c2F)c2ccc1[nH]2. The molecule has 12 bridgehead atoms. The third-order valence-electron chi connectivity index (χ3n) is 13.1. The highest BCUT2D eigenvalue weighted by Crippen LogP contribution is 2.36. The van der Waals surface area contributed by atoms with Crippen molar-refractivity contribution >= 4 is 33.9 Å². The number of aromatic nitrogens is 6. The van der Waals surface area contributed by atoms with Crippen LogP contribution in [0.25, 0.3) is 22.3 Å². The number of H-pyrrole nitrogens is 6. The first kappa shape index (κ1) is 54.0. The van der Waals surface area contributed by atoms with Crippen molar-refractivity contribution in [1.82, 2.24) is 29.9 Å². The number of aromatic amines is 6. The Hall–Kier alpha value is -10.0. The predicted molar refractivity (Wildman–Crippen MR) is 241 cm³/mol. The molecule has 0 saturated carbocycles. The van der Waals surface area contributed by atoms with E-state index in [0.29, 0.717) is 0 Å². The van der Waals surface area contributed by atoms with Crippen LogP contribution in [0.15, 0.2) is 72.8 Å². The predicted octanol–water partition coefficient (Wildman–Crippen LogP) is 10.2. The Labute approximate surface area is 438 Å². The van der Waals surface area contributed by atoms with Crippen molar-refractivity contribution in [3.05, 3.63) is 278 Å². The molecular formula is C54H18F20N6O2. The van der Waals surface area contributed by atoms with Gasteiger partial charge in [0.1, 0.15) is 0 Å². The summed E-state index contributed by atoms with van der Waals surface area (Å²) in [5.41, 5.74) is -17.6. The van der Waals surface area contributed by atoms with Crippen molar-refractivity contribution in [2.24, 2.45) is 0 Å². The molecule has 0 atom stereocenters. The lowest BCUT2D eigenvalue weighted by atomic mass is 10.00. The summed E-state index contributed by atoms with van der Waals surface area (Å²) >= 11 is 0. The Morgan fingerprint density at radius 3 is 0.500 bits per heavy atom. The lowest BCUT2D eigenvalue weighted by Crippen LogP contribution is -2.21. The van der Waals surface area contributed by atoms with Gasteiger partial charge in [-0.1, -0.05) is 0 Å². The number of hydrogen-bond acceptors (Lipinski definition) is 2. The normalized spacial score (nSPS) is 15.7. The summed E-state index contributed by atoms with van der Waals surface area (Å²) in [6.45, 7) is 0. The van der Waals surface area contributed by atoms with Crippen molar-refractivity contribution in [2.75, 3.05) is 0 Å². The maximum atomic E-state index is 16.0. The van der Waals surface area contributed by atoms with Crippen LogP contribution < -0.4 is 21.4 Å². The molecule has 11 rings (SSSR count). The van der Waals surface area contributed by atoms with Gasteiger partial charge in [-0.2, -0.15) is 0 Å². The molecule has 0 amide bonds. The second-order valence-electron chi connectivity index (χ2n) is 17.7. The average Bonchev–Trinajstić information content (AvgIpc) is 4.28. The highest BCUT2D eigenvalue weighted by atomic mass is 19.2. The van der Waals surface area contributed by atoms with Gasteiger partial charge < -0.3 is 29.9 Å². The van der Waals surface area contributed by atoms with Gasteiger partial charge in [0.05, 0.1) is 45.0 Å². The van der Waals surface area contributed by atoms with Crippen LogP contribution in [-0.4, -0.2) is 41.5 Å². The Morgan fingerprint density at radius 2 is 0.329 bits per heavy atom. The van der Waals surface area contributed by atoms with Crippen LogP contribution in [-0.2, 0) is 0 Å². The molecule has 0 fully saturated rings. The van der Waals surface area contributed by atoms with Crippen LogP contribution in [0.4, 0.5) is 87.8 Å². The Balaban J connectivity index is 1.27. The molecule has 416 valence electrons. The molecule has 0 spiro atoms. The average molecular weight is 1160 g/mol. The zero-order valence-corrected chi connectivity index (χ0v) is 39.3. The summed E-state index contributed by atoms with van der Waals surface area (Å²) in [5, 5.41) is -3.31. The van der Waals surface area contributed by atoms with E-state index in [2.05, 4.69) is 29.9 Å². The van der Waals surface area contributed by atoms with Crippen molar-refractivity contribution < 1.29 is 97.4 Å². The second kappa shape index (κ2) is 19.4. The maximum Gasteiger partial charge on any atom is 0.225 e. The molecule has 4 aromatic carbocycles. The molecule has 6 N–H and O–H groups in total. The lowest BCUT2D eigenvalue weighted by Gasteiger charge is -2.12. The number of ketones is 2. The quantitative estimate of drug-likeness (QED) is 0.0596. The number of nitrogens with one attached hydrogen (secondary N) is 6. The Bertz CT molecular complexity index is 4070. The van der Waals surface area contributed by atoms with Crippen LogP contribution in [0.1, 0.15) is 77.4 Å². The van der Waals surface area contributed by atoms with Gasteiger partial charge in [-0.15, -0.1) is 0 Å². The van der Waals surface area contributed by atoms with Gasteiger partial charge in [0, 0.05) is 66.5 Å². The highest BCUT2D eigenvalue weighted by molar-refractivity contribution is 6.08. The Morgan fingerprint density at radius 1 is 0.183 bits per heavy atom. The second-order valence-corrected chi connectivity index (χ2v) is 17.7. The van der Waals surface area contributed by atoms with Crippen molar-refractivity contribution in [1.29, 1.82) is 0 Å². The first-order chi connectivity index (χ1) is 38.8. The molecule has 0 saturated heterocycles. The molecule has 7 heterocycles. The van der Waals surface area contributed by atoms with Gasteiger partial charge >= 0.3 is 0 Å². The number of hydrogen-bond donors (Lipinski definition) is 6. The summed E-state index contributed by atoms with van der Waals surface area (Å²) in [6, 6.07) is 9.23. The van der Waals surface area contributed by atoms with Gasteiger partial charge in [0.2, 0.25) is 34.8 Å². The van der Waals surface area contributed by atoms with Crippen LogP contribution in [0.2, 0.25) is 0 Å². The van der Waals surface area contributed by atoms with E-state index in [4.69, 9.17) is 0 Å². The third kappa shape index (κ3) is 8.00. The monoisotopic (exact) mass is 1160 g/mol. The largest absolute Gasteiger partial charge is 0.354 e. The standard InChI is InChI=1S/C54H18F20N6O2/c55-33-29(34(56)42(64)49(71)41(33)63)25-13-1-2-14(75-13)26(30-35(57)43(65)50(72)44(66)36(30)58)18-6-10-22(78-18)54(82)24-12-8-20(80-24)28(32-39(61)47(69)52(74)48(70)40(32)62)16-4-3-15(76-16)27(31-37(59)45(67)51(73)46(68)38(31)60)19-7-11-23(79-19)53(81)21-9-5-17(25)77-21/h1-12,75-80H/b25-13+,26-14+,27-15+,28-16+. The van der Waals surface area contributed by atoms with E-state index in [0.717, 1.165) is 72.8 Å². The Kier molecular flexibility index (Phi) is 12.7. The van der Waals surface area contributed by atoms with Crippen LogP contribution in [0.3, 0.4) is 0 Å². The zero-order chi connectivity index (χ0) is 59.0. The molecule has 82 heavy (non-hydrogen) atoms. The van der Waals surface area contributed by atoms with Crippen LogP contribution in [0, 0.1) is 116 Å². The van der Waals surface area contributed by atoms with E-state index < -0.39 is 239 Å². The van der Waals surface area contributed by atoms with Gasteiger partial charge in [0.25, 0.3) is 0 Å². The van der Waals surface area contributed by atoms with E-state index >= 15 is 70.2 Å². The highest BCUT2D eigenvalue weighted by Gasteiger charge is 2.35. The summed E-state index contributed by atoms with van der Waals surface area (Å²) in [6.07, 6.45) is 0. The summed E-state index contributed by atoms with van der Waals surface area (Å²) < 4.78 is 306. The van der Waals surface area contributed by atoms with Gasteiger partial charge in [0.15, 0.2) is 93.1 Å². The molecule has 1 aliphatic heterocycles. The number of halogens is 20. The minimum atomic E-state index is -2.67. The molecule has 0 aliphatic carbocycles. The molecule has 0 radical (unpaired) electrons. The molecule has 6 aromatic heterocycles. The molecular weight excluding hydrogens is 1140 g/mol. The van der Waals surface area contributed by atoms with E-state index in [1.54, 1.807) is 0 Å². The fourth-order valence-electron chi connectivity index (χ4n) is 9.31. The van der Waals surface area contributed by atoms with E-state index in [-0.39, 0.29) is 0 Å². The molecule has 10 aromatic rings. The van der Waals surface area contributed by atoms with Crippen LogP contribution >= 0.6 is 0 Å². The summed E-state index contributed by atoms with van der Waals surface area (Å²) in [4.78, 5) is 42.6. The van der Waals surface area contributed by atoms with Gasteiger partial charge in [-0.3, -0.25) is 9.59 Å². The van der Waals surface area contributed by atoms with Crippen LogP contribution in [0.5, 0.6) is 0 Å². The molecule has 0 unspecified atom stereocenters. The minimum absolute atomic E-state index is 0.726. The first-order valence-corrected chi connectivity index (χ1v) is 22.7. The van der Waals surface area contributed by atoms with E-state index in [1.807, 2.05) is 0 Å². The third-order valence-corrected chi connectivity index (χ3v) is 13.1. The fourth-order valence-corrected chi connectivity index (χ4v) is 9.31. The number of rotatable bonds is 4. The van der Waals surface area contributed by atoms with Crippen molar-refractivity contribution in [3.8, 4) is 0 Å². The maximum absolute atomic E-state index is 16.0. The minimum Gasteiger partial charge on any atom is -0.354 e. The zero-order valence-electron chi connectivity index (χ0n) is 39.3. The van der Waals surface area contributed by atoms with Crippen molar-refractivity contribution in [3.63, 3.8) is 0 Å². The first-order valence-electron chi connectivity index (χ1n) is 22.7. The lowest BCUT2D eigenvalue weighted by molar-refractivity contribution is 0.102. The molecule has 8 nitrogen and oxygen atoms in total. The summed E-state index contributed by atoms with van der Waals surface area (Å²) in [7, 11) is 0.